The van der Waals surface area contributed by atoms with E-state index in [1.165, 1.54) is 20.8 Å². The average molecular weight is 432 g/mol. The molecule has 0 amide bonds. The van der Waals surface area contributed by atoms with Crippen molar-refractivity contribution in [3.05, 3.63) is 58.2 Å². The fourth-order valence-electron chi connectivity index (χ4n) is 2.51. The third kappa shape index (κ3) is 4.09. The van der Waals surface area contributed by atoms with Crippen LogP contribution in [0.15, 0.2) is 0 Å². The predicted octanol–water partition coefficient (Wildman–Crippen LogP) is 5.12. The van der Waals surface area contributed by atoms with Crippen LogP contribution in [0, 0.1) is 63.6 Å². The Bertz CT molecular complexity index is 910. The molecule has 0 radical (unpaired) electrons. The molecule has 11 heteroatoms. The molecular formula is C18H13BF10. The molecule has 0 aliphatic carbocycles. The van der Waals surface area contributed by atoms with Crippen molar-refractivity contribution in [1.82, 2.24) is 0 Å². The van der Waals surface area contributed by atoms with E-state index in [4.69, 9.17) is 2.74 Å². The summed E-state index contributed by atoms with van der Waals surface area (Å²) in [4.78, 5) is 0. The maximum absolute atomic E-state index is 14.4. The number of rotatable bonds is 4. The molecule has 2 rings (SSSR count). The first-order chi connectivity index (χ1) is 14.1. The Balaban J connectivity index is 3.04. The summed E-state index contributed by atoms with van der Waals surface area (Å²) in [6.07, 6.45) is -4.25. The van der Waals surface area contributed by atoms with Gasteiger partial charge in [-0.05, 0) is 5.41 Å². The lowest BCUT2D eigenvalue weighted by Crippen LogP contribution is -2.51. The van der Waals surface area contributed by atoms with Gasteiger partial charge in [0.05, 0.1) is 0 Å². The molecule has 29 heavy (non-hydrogen) atoms. The zero-order valence-corrected chi connectivity index (χ0v) is 15.0. The van der Waals surface area contributed by atoms with Gasteiger partial charge in [0, 0.05) is 13.7 Å². The maximum Gasteiger partial charge on any atom is 0.225 e. The average Bonchev–Trinajstić information content (AvgIpc) is 2.70. The summed E-state index contributed by atoms with van der Waals surface area (Å²) < 4.78 is 156. The third-order valence-electron chi connectivity index (χ3n) is 3.90. The highest BCUT2D eigenvalue weighted by molar-refractivity contribution is 6.85. The summed E-state index contributed by atoms with van der Waals surface area (Å²) in [7, 11) is 0. The minimum absolute atomic E-state index is 1.27. The molecule has 0 nitrogen and oxygen atoms in total. The second-order valence-corrected chi connectivity index (χ2v) is 7.17. The van der Waals surface area contributed by atoms with Crippen molar-refractivity contribution in [1.29, 1.82) is 0 Å². The summed E-state index contributed by atoms with van der Waals surface area (Å²) in [6.45, 7) is 1.01. The SMILES string of the molecule is [2H]C(B(c1c(F)c(F)c(F)c(F)c1F)c1c(F)c(F)c(F)c(F)c1F)C([2H])C(C)(C)C. The lowest BCUT2D eigenvalue weighted by Gasteiger charge is -2.24. The number of hydrogen-bond donors (Lipinski definition) is 0. The van der Waals surface area contributed by atoms with Crippen molar-refractivity contribution in [2.24, 2.45) is 5.41 Å². The van der Waals surface area contributed by atoms with Crippen molar-refractivity contribution in [3.8, 4) is 0 Å². The molecule has 2 atom stereocenters. The van der Waals surface area contributed by atoms with Crippen molar-refractivity contribution >= 4 is 17.6 Å². The number of hydrogen-bond acceptors (Lipinski definition) is 0. The van der Waals surface area contributed by atoms with E-state index in [2.05, 4.69) is 0 Å². The van der Waals surface area contributed by atoms with Gasteiger partial charge in [0.1, 0.15) is 0 Å². The summed E-state index contributed by atoms with van der Waals surface area (Å²) in [5.41, 5.74) is -5.24. The van der Waals surface area contributed by atoms with Crippen molar-refractivity contribution in [2.45, 2.75) is 33.5 Å². The van der Waals surface area contributed by atoms with Gasteiger partial charge in [-0.15, -0.1) is 0 Å². The first kappa shape index (κ1) is 20.1. The van der Waals surface area contributed by atoms with E-state index < -0.39 is 93.9 Å². The fourth-order valence-corrected chi connectivity index (χ4v) is 2.51. The summed E-state index contributed by atoms with van der Waals surface area (Å²) >= 11 is 0. The Morgan fingerprint density at radius 2 is 0.793 bits per heavy atom. The standard InChI is InChI=1S/C18H13BF10/c1-18(2,3)4-5-19(6-8(20)12(24)16(28)13(25)9(6)21)7-10(22)14(26)17(29)15(27)11(7)23/h4-5H2,1-3H3/i4D,5D. The van der Waals surface area contributed by atoms with Gasteiger partial charge in [0.2, 0.25) is 6.71 Å². The molecule has 0 aliphatic heterocycles. The minimum Gasteiger partial charge on any atom is -0.204 e. The molecule has 0 bridgehead atoms. The second-order valence-electron chi connectivity index (χ2n) is 7.17. The lowest BCUT2D eigenvalue weighted by atomic mass is 9.37. The molecule has 0 aromatic heterocycles. The first-order valence-electron chi connectivity index (χ1n) is 9.08. The Morgan fingerprint density at radius 3 is 1.03 bits per heavy atom. The van der Waals surface area contributed by atoms with Crippen LogP contribution in [-0.4, -0.2) is 6.71 Å². The molecule has 0 saturated heterocycles. The van der Waals surface area contributed by atoms with Crippen LogP contribution in [0.1, 0.15) is 29.9 Å². The summed E-state index contributed by atoms with van der Waals surface area (Å²) in [5, 5.41) is 0. The van der Waals surface area contributed by atoms with Gasteiger partial charge < -0.3 is 0 Å². The van der Waals surface area contributed by atoms with E-state index in [1.807, 2.05) is 0 Å². The highest BCUT2D eigenvalue weighted by Crippen LogP contribution is 2.26. The van der Waals surface area contributed by atoms with Crippen molar-refractivity contribution in [3.63, 3.8) is 0 Å². The van der Waals surface area contributed by atoms with Gasteiger partial charge in [-0.2, -0.15) is 0 Å². The van der Waals surface area contributed by atoms with Crippen LogP contribution in [0.3, 0.4) is 0 Å². The van der Waals surface area contributed by atoms with Crippen LogP contribution in [0.2, 0.25) is 6.30 Å². The van der Waals surface area contributed by atoms with E-state index in [1.54, 1.807) is 0 Å². The Kier molecular flexibility index (Phi) is 5.48. The highest BCUT2D eigenvalue weighted by atomic mass is 19.2. The largest absolute Gasteiger partial charge is 0.225 e. The van der Waals surface area contributed by atoms with E-state index in [0.29, 0.717) is 0 Å². The molecular weight excluding hydrogens is 417 g/mol. The van der Waals surface area contributed by atoms with Gasteiger partial charge in [0.25, 0.3) is 0 Å². The predicted molar refractivity (Wildman–Crippen MR) is 86.4 cm³/mol. The summed E-state index contributed by atoms with van der Waals surface area (Å²) in [6, 6.07) is 0. The molecule has 2 aromatic rings. The minimum atomic E-state index is -2.91. The monoisotopic (exact) mass is 432 g/mol. The Morgan fingerprint density at radius 1 is 0.552 bits per heavy atom. The van der Waals surface area contributed by atoms with Crippen LogP contribution in [0.5, 0.6) is 0 Å². The van der Waals surface area contributed by atoms with Gasteiger partial charge in [-0.1, -0.05) is 33.5 Å². The molecule has 0 spiro atoms. The van der Waals surface area contributed by atoms with E-state index in [9.17, 15) is 43.9 Å². The van der Waals surface area contributed by atoms with Gasteiger partial charge in [-0.25, -0.2) is 43.9 Å². The van der Waals surface area contributed by atoms with E-state index >= 15 is 0 Å². The molecule has 0 N–H and O–H groups in total. The van der Waals surface area contributed by atoms with E-state index in [0.717, 1.165) is 0 Å². The van der Waals surface area contributed by atoms with Crippen LogP contribution in [-0.2, 0) is 0 Å². The van der Waals surface area contributed by atoms with Crippen molar-refractivity contribution in [2.75, 3.05) is 0 Å². The molecule has 0 fully saturated rings. The highest BCUT2D eigenvalue weighted by Gasteiger charge is 2.39. The lowest BCUT2D eigenvalue weighted by molar-refractivity contribution is 0.380. The van der Waals surface area contributed by atoms with Gasteiger partial charge in [-0.3, -0.25) is 0 Å². The maximum atomic E-state index is 14.4. The zero-order valence-electron chi connectivity index (χ0n) is 17.0. The third-order valence-corrected chi connectivity index (χ3v) is 3.90. The summed E-state index contributed by atoms with van der Waals surface area (Å²) in [5.74, 6) is -25.9. The normalized spacial score (nSPS) is 15.1. The number of halogens is 10. The first-order valence-corrected chi connectivity index (χ1v) is 7.92. The fraction of sp³-hybridized carbons (Fsp3) is 0.333. The molecule has 0 aliphatic rings. The smallest absolute Gasteiger partial charge is 0.204 e. The quantitative estimate of drug-likeness (QED) is 0.272. The van der Waals surface area contributed by atoms with Crippen LogP contribution in [0.4, 0.5) is 43.9 Å². The van der Waals surface area contributed by atoms with Crippen LogP contribution < -0.4 is 10.9 Å². The molecule has 0 heterocycles. The molecule has 158 valence electrons. The van der Waals surface area contributed by atoms with Gasteiger partial charge >= 0.3 is 0 Å². The topological polar surface area (TPSA) is 0 Å². The number of benzene rings is 2. The van der Waals surface area contributed by atoms with Crippen LogP contribution in [0.25, 0.3) is 0 Å². The van der Waals surface area contributed by atoms with Gasteiger partial charge in [0.15, 0.2) is 58.2 Å². The zero-order chi connectivity index (χ0) is 24.2. The molecule has 2 aromatic carbocycles. The second kappa shape index (κ2) is 7.91. The van der Waals surface area contributed by atoms with E-state index in [-0.39, 0.29) is 0 Å². The molecule has 2 unspecified atom stereocenters. The Labute approximate surface area is 162 Å². The Hall–Kier alpha value is -2.20. The van der Waals surface area contributed by atoms with Crippen molar-refractivity contribution < 1.29 is 46.6 Å². The van der Waals surface area contributed by atoms with Crippen LogP contribution >= 0.6 is 0 Å². The molecule has 0 saturated carbocycles.